The molecule has 2 aromatic rings. The van der Waals surface area contributed by atoms with Crippen molar-refractivity contribution in [3.05, 3.63) is 33.9 Å². The van der Waals surface area contributed by atoms with E-state index >= 15 is 4.39 Å². The Labute approximate surface area is 141 Å². The molecule has 1 unspecified atom stereocenters. The van der Waals surface area contributed by atoms with Crippen molar-refractivity contribution >= 4 is 34.2 Å². The molecular formula is C17H16FN3O4. The van der Waals surface area contributed by atoms with Crippen LogP contribution in [0.4, 0.5) is 15.8 Å². The van der Waals surface area contributed by atoms with Crippen LogP contribution in [0.15, 0.2) is 17.1 Å². The molecule has 8 heteroatoms. The maximum absolute atomic E-state index is 15.4. The van der Waals surface area contributed by atoms with Crippen LogP contribution in [0.5, 0.6) is 0 Å². The number of pyridine rings is 1. The van der Waals surface area contributed by atoms with Gasteiger partial charge >= 0.3 is 5.97 Å². The van der Waals surface area contributed by atoms with Gasteiger partial charge < -0.3 is 19.9 Å². The largest absolute Gasteiger partial charge is 0.477 e. The number of halogens is 1. The predicted molar refractivity (Wildman–Crippen MR) is 89.9 cm³/mol. The number of carboxylic acids is 1. The lowest BCUT2D eigenvalue weighted by molar-refractivity contribution is -0.117. The first kappa shape index (κ1) is 15.6. The second-order valence-electron chi connectivity index (χ2n) is 6.57. The molecule has 1 aromatic heterocycles. The van der Waals surface area contributed by atoms with Crippen LogP contribution < -0.4 is 15.6 Å². The number of hydrogen-bond donors (Lipinski definition) is 2. The fourth-order valence-electron chi connectivity index (χ4n) is 3.30. The van der Waals surface area contributed by atoms with E-state index in [-0.39, 0.29) is 34.2 Å². The summed E-state index contributed by atoms with van der Waals surface area (Å²) < 4.78 is 16.9. The first-order valence-corrected chi connectivity index (χ1v) is 7.99. The Balaban J connectivity index is 2.13. The van der Waals surface area contributed by atoms with E-state index in [1.165, 1.54) is 17.2 Å². The molecule has 2 heterocycles. The quantitative estimate of drug-likeness (QED) is 0.868. The van der Waals surface area contributed by atoms with Gasteiger partial charge in [0.1, 0.15) is 11.6 Å². The molecule has 1 saturated carbocycles. The molecule has 1 amide bonds. The normalized spacial score (nSPS) is 19.7. The summed E-state index contributed by atoms with van der Waals surface area (Å²) in [5.41, 5.74) is -0.681. The van der Waals surface area contributed by atoms with Gasteiger partial charge in [0, 0.05) is 19.3 Å². The molecule has 0 bridgehead atoms. The molecule has 1 fully saturated rings. The van der Waals surface area contributed by atoms with E-state index in [2.05, 4.69) is 5.32 Å². The number of amides is 1. The van der Waals surface area contributed by atoms with E-state index in [0.29, 0.717) is 0 Å². The summed E-state index contributed by atoms with van der Waals surface area (Å²) in [6.45, 7) is 1.66. The summed E-state index contributed by atoms with van der Waals surface area (Å²) in [5.74, 6) is -2.29. The highest BCUT2D eigenvalue weighted by Crippen LogP contribution is 2.42. The highest BCUT2D eigenvalue weighted by Gasteiger charge is 2.34. The molecule has 25 heavy (non-hydrogen) atoms. The minimum Gasteiger partial charge on any atom is -0.477 e. The lowest BCUT2D eigenvalue weighted by atomic mass is 10.0. The Kier molecular flexibility index (Phi) is 3.15. The summed E-state index contributed by atoms with van der Waals surface area (Å²) in [7, 11) is 1.61. The number of aromatic nitrogens is 1. The monoisotopic (exact) mass is 345 g/mol. The van der Waals surface area contributed by atoms with Crippen molar-refractivity contribution < 1.29 is 19.1 Å². The zero-order valence-electron chi connectivity index (χ0n) is 13.7. The van der Waals surface area contributed by atoms with Crippen LogP contribution in [0.3, 0.4) is 0 Å². The number of aromatic carboxylic acids is 1. The lowest BCUT2D eigenvalue weighted by Crippen LogP contribution is -2.44. The van der Waals surface area contributed by atoms with Crippen molar-refractivity contribution in [3.8, 4) is 0 Å². The Morgan fingerprint density at radius 1 is 1.36 bits per heavy atom. The van der Waals surface area contributed by atoms with Crippen LogP contribution >= 0.6 is 0 Å². The van der Waals surface area contributed by atoms with Crippen LogP contribution in [0.1, 0.15) is 36.2 Å². The second-order valence-corrected chi connectivity index (χ2v) is 6.57. The SMILES string of the molecule is CC1C(=O)Nc2cc3c(=O)c(C(=O)O)cn(C4CC4)c3c(F)c2N1C. The summed E-state index contributed by atoms with van der Waals surface area (Å²) in [6, 6.07) is 0.801. The van der Waals surface area contributed by atoms with Crippen molar-refractivity contribution in [3.63, 3.8) is 0 Å². The maximum atomic E-state index is 15.4. The highest BCUT2D eigenvalue weighted by atomic mass is 19.1. The molecule has 2 N–H and O–H groups in total. The van der Waals surface area contributed by atoms with Gasteiger partial charge in [0.15, 0.2) is 5.82 Å². The first-order valence-electron chi connectivity index (χ1n) is 7.99. The predicted octanol–water partition coefficient (Wildman–Crippen LogP) is 1.95. The summed E-state index contributed by atoms with van der Waals surface area (Å²) in [4.78, 5) is 37.5. The average Bonchev–Trinajstić information content (AvgIpc) is 3.38. The molecule has 0 spiro atoms. The lowest BCUT2D eigenvalue weighted by Gasteiger charge is -2.34. The molecule has 1 aliphatic carbocycles. The topological polar surface area (TPSA) is 91.6 Å². The minimum atomic E-state index is -1.35. The van der Waals surface area contributed by atoms with Gasteiger partial charge in [0.2, 0.25) is 11.3 Å². The number of benzene rings is 1. The minimum absolute atomic E-state index is 0.0188. The Morgan fingerprint density at radius 2 is 2.04 bits per heavy atom. The number of nitrogens with one attached hydrogen (secondary N) is 1. The van der Waals surface area contributed by atoms with Crippen molar-refractivity contribution in [2.24, 2.45) is 0 Å². The molecule has 130 valence electrons. The standard InChI is InChI=1S/C17H16FN3O4/c1-7-16(23)19-11-5-9-13(12(18)14(11)20(7)2)21(8-3-4-8)6-10(15(9)22)17(24)25/h5-8H,3-4H2,1-2H3,(H,19,23)(H,24,25). The maximum Gasteiger partial charge on any atom is 0.341 e. The zero-order valence-corrected chi connectivity index (χ0v) is 13.7. The summed E-state index contributed by atoms with van der Waals surface area (Å²) in [5, 5.41) is 11.9. The van der Waals surface area contributed by atoms with Crippen molar-refractivity contribution in [2.75, 3.05) is 17.3 Å². The van der Waals surface area contributed by atoms with Gasteiger partial charge in [0.25, 0.3) is 0 Å². The number of carbonyl (C=O) groups is 2. The number of fused-ring (bicyclic) bond motifs is 2. The third-order valence-electron chi connectivity index (χ3n) is 4.97. The third kappa shape index (κ3) is 2.13. The molecule has 2 aliphatic rings. The highest BCUT2D eigenvalue weighted by molar-refractivity contribution is 6.07. The van der Waals surface area contributed by atoms with Crippen LogP contribution in [0, 0.1) is 5.82 Å². The number of carbonyl (C=O) groups excluding carboxylic acids is 1. The van der Waals surface area contributed by atoms with E-state index < -0.39 is 28.8 Å². The van der Waals surface area contributed by atoms with Crippen LogP contribution in [-0.4, -0.2) is 34.6 Å². The fourth-order valence-corrected chi connectivity index (χ4v) is 3.30. The smallest absolute Gasteiger partial charge is 0.341 e. The van der Waals surface area contributed by atoms with Crippen LogP contribution in [0.2, 0.25) is 0 Å². The number of likely N-dealkylation sites (N-methyl/N-ethyl adjacent to an activating group) is 1. The van der Waals surface area contributed by atoms with Gasteiger partial charge in [-0.2, -0.15) is 0 Å². The molecular weight excluding hydrogens is 329 g/mol. The molecule has 1 aliphatic heterocycles. The van der Waals surface area contributed by atoms with E-state index in [4.69, 9.17) is 0 Å². The molecule has 7 nitrogen and oxygen atoms in total. The van der Waals surface area contributed by atoms with Crippen LogP contribution in [0.25, 0.3) is 10.9 Å². The van der Waals surface area contributed by atoms with Gasteiger partial charge in [-0.15, -0.1) is 0 Å². The van der Waals surface area contributed by atoms with Gasteiger partial charge in [-0.1, -0.05) is 0 Å². The van der Waals surface area contributed by atoms with E-state index in [9.17, 15) is 19.5 Å². The molecule has 4 rings (SSSR count). The van der Waals surface area contributed by atoms with E-state index in [0.717, 1.165) is 12.8 Å². The zero-order chi connectivity index (χ0) is 18.0. The second kappa shape index (κ2) is 5.05. The number of nitrogens with zero attached hydrogens (tertiary/aromatic N) is 2. The number of hydrogen-bond acceptors (Lipinski definition) is 4. The molecule has 0 saturated heterocycles. The van der Waals surface area contributed by atoms with Crippen molar-refractivity contribution in [2.45, 2.75) is 31.8 Å². The van der Waals surface area contributed by atoms with Gasteiger partial charge in [-0.25, -0.2) is 9.18 Å². The Hall–Kier alpha value is -2.90. The fraction of sp³-hybridized carbons (Fsp3) is 0.353. The van der Waals surface area contributed by atoms with Gasteiger partial charge in [0.05, 0.1) is 22.3 Å². The van der Waals surface area contributed by atoms with Crippen molar-refractivity contribution in [1.82, 2.24) is 4.57 Å². The van der Waals surface area contributed by atoms with Crippen LogP contribution in [-0.2, 0) is 4.79 Å². The summed E-state index contributed by atoms with van der Waals surface area (Å²) >= 11 is 0. The average molecular weight is 345 g/mol. The molecule has 1 atom stereocenters. The number of rotatable bonds is 2. The first-order chi connectivity index (χ1) is 11.8. The summed E-state index contributed by atoms with van der Waals surface area (Å²) in [6.07, 6.45) is 2.83. The van der Waals surface area contributed by atoms with E-state index in [1.807, 2.05) is 0 Å². The number of anilines is 2. The Morgan fingerprint density at radius 3 is 2.64 bits per heavy atom. The molecule has 1 aromatic carbocycles. The van der Waals surface area contributed by atoms with Crippen molar-refractivity contribution in [1.29, 1.82) is 0 Å². The van der Waals surface area contributed by atoms with Gasteiger partial charge in [-0.3, -0.25) is 9.59 Å². The molecule has 0 radical (unpaired) electrons. The van der Waals surface area contributed by atoms with E-state index in [1.54, 1.807) is 18.5 Å². The Bertz CT molecular complexity index is 1010. The third-order valence-corrected chi connectivity index (χ3v) is 4.97. The number of carboxylic acid groups (broad SMARTS) is 1. The van der Waals surface area contributed by atoms with Gasteiger partial charge in [-0.05, 0) is 25.8 Å².